The van der Waals surface area contributed by atoms with Crippen molar-refractivity contribution < 1.29 is 4.79 Å². The lowest BCUT2D eigenvalue weighted by molar-refractivity contribution is -0.119. The van der Waals surface area contributed by atoms with Crippen molar-refractivity contribution in [3.8, 4) is 0 Å². The van der Waals surface area contributed by atoms with Gasteiger partial charge in [-0.2, -0.15) is 0 Å². The number of imidazole rings is 1. The Hall–Kier alpha value is -1.49. The second-order valence-electron chi connectivity index (χ2n) is 6.20. The lowest BCUT2D eigenvalue weighted by Gasteiger charge is -2.22. The number of nitrogens with one attached hydrogen (secondary N) is 2. The Morgan fingerprint density at radius 2 is 2.24 bits per heavy atom. The number of aromatic amines is 1. The van der Waals surface area contributed by atoms with E-state index in [1.165, 1.54) is 37.4 Å². The summed E-state index contributed by atoms with van der Waals surface area (Å²) in [4.78, 5) is 19.8. The molecule has 2 aliphatic rings. The topological polar surface area (TPSA) is 57.8 Å². The van der Waals surface area contributed by atoms with Crippen molar-refractivity contribution in [3.63, 3.8) is 0 Å². The molecule has 4 nitrogen and oxygen atoms in total. The number of benzene rings is 1. The van der Waals surface area contributed by atoms with Crippen LogP contribution in [-0.4, -0.2) is 27.7 Å². The largest absolute Gasteiger partial charge is 0.352 e. The van der Waals surface area contributed by atoms with Gasteiger partial charge >= 0.3 is 0 Å². The zero-order valence-electron chi connectivity index (χ0n) is 11.8. The molecule has 4 rings (SSSR count). The molecule has 0 spiro atoms. The Kier molecular flexibility index (Phi) is 3.37. The highest BCUT2D eigenvalue weighted by Gasteiger charge is 2.39. The number of rotatable bonds is 4. The summed E-state index contributed by atoms with van der Waals surface area (Å²) in [5.41, 5.74) is 1.97. The van der Waals surface area contributed by atoms with Crippen LogP contribution in [0.3, 0.4) is 0 Å². The molecular weight excluding hydrogens is 282 g/mol. The van der Waals surface area contributed by atoms with Crippen LogP contribution < -0.4 is 5.32 Å². The number of nitrogens with zero attached hydrogens (tertiary/aromatic N) is 1. The van der Waals surface area contributed by atoms with E-state index in [4.69, 9.17) is 0 Å². The monoisotopic (exact) mass is 301 g/mol. The lowest BCUT2D eigenvalue weighted by atomic mass is 9.95. The van der Waals surface area contributed by atoms with Crippen molar-refractivity contribution in [2.75, 3.05) is 5.75 Å². The Morgan fingerprint density at radius 1 is 1.33 bits per heavy atom. The number of thioether (sulfide) groups is 1. The maximum atomic E-state index is 12.1. The normalized spacial score (nSPS) is 27.3. The van der Waals surface area contributed by atoms with Crippen molar-refractivity contribution >= 4 is 28.7 Å². The van der Waals surface area contributed by atoms with Gasteiger partial charge in [0.15, 0.2) is 5.16 Å². The predicted octanol–water partition coefficient (Wildman–Crippen LogP) is 2.96. The van der Waals surface area contributed by atoms with Gasteiger partial charge in [-0.1, -0.05) is 30.3 Å². The molecule has 1 heterocycles. The molecule has 2 N–H and O–H groups in total. The van der Waals surface area contributed by atoms with Crippen molar-refractivity contribution in [1.29, 1.82) is 0 Å². The van der Waals surface area contributed by atoms with Crippen LogP contribution in [-0.2, 0) is 4.79 Å². The van der Waals surface area contributed by atoms with Gasteiger partial charge < -0.3 is 10.3 Å². The van der Waals surface area contributed by atoms with Crippen LogP contribution in [0.4, 0.5) is 0 Å². The van der Waals surface area contributed by atoms with E-state index < -0.39 is 0 Å². The summed E-state index contributed by atoms with van der Waals surface area (Å²) >= 11 is 1.48. The van der Waals surface area contributed by atoms with E-state index in [2.05, 4.69) is 15.3 Å². The summed E-state index contributed by atoms with van der Waals surface area (Å²) in [7, 11) is 0. The van der Waals surface area contributed by atoms with Crippen LogP contribution in [0.1, 0.15) is 25.7 Å². The smallest absolute Gasteiger partial charge is 0.230 e. The summed E-state index contributed by atoms with van der Waals surface area (Å²) in [6.45, 7) is 0. The molecule has 2 aromatic rings. The fourth-order valence-electron chi connectivity index (χ4n) is 3.80. The molecule has 2 bridgehead atoms. The number of amides is 1. The highest BCUT2D eigenvalue weighted by molar-refractivity contribution is 7.99. The van der Waals surface area contributed by atoms with E-state index in [1.54, 1.807) is 0 Å². The molecule has 2 fully saturated rings. The number of carbonyl (C=O) groups is 1. The fraction of sp³-hybridized carbons (Fsp3) is 0.500. The van der Waals surface area contributed by atoms with Gasteiger partial charge in [-0.25, -0.2) is 4.98 Å². The van der Waals surface area contributed by atoms with Gasteiger partial charge in [-0.3, -0.25) is 4.79 Å². The van der Waals surface area contributed by atoms with Crippen LogP contribution in [0.5, 0.6) is 0 Å². The average molecular weight is 301 g/mol. The van der Waals surface area contributed by atoms with E-state index >= 15 is 0 Å². The molecule has 0 aliphatic heterocycles. The number of hydrogen-bond acceptors (Lipinski definition) is 3. The van der Waals surface area contributed by atoms with Gasteiger partial charge in [0.1, 0.15) is 0 Å². The van der Waals surface area contributed by atoms with E-state index in [1.807, 2.05) is 24.3 Å². The first-order chi connectivity index (χ1) is 10.3. The first-order valence-corrected chi connectivity index (χ1v) is 8.63. The van der Waals surface area contributed by atoms with Crippen LogP contribution in [0, 0.1) is 11.8 Å². The third-order valence-corrected chi connectivity index (χ3v) is 5.67. The molecule has 5 heteroatoms. The first kappa shape index (κ1) is 13.2. The molecule has 0 saturated heterocycles. The van der Waals surface area contributed by atoms with Gasteiger partial charge in [0.2, 0.25) is 5.91 Å². The average Bonchev–Trinajstić information content (AvgIpc) is 3.19. The van der Waals surface area contributed by atoms with Gasteiger partial charge in [0.05, 0.1) is 16.8 Å². The summed E-state index contributed by atoms with van der Waals surface area (Å²) in [6.07, 6.45) is 5.17. The molecule has 0 unspecified atom stereocenters. The number of carbonyl (C=O) groups excluding carboxylic acids is 1. The van der Waals surface area contributed by atoms with Crippen LogP contribution in [0.25, 0.3) is 11.0 Å². The summed E-state index contributed by atoms with van der Waals surface area (Å²) < 4.78 is 0. The quantitative estimate of drug-likeness (QED) is 0.854. The van der Waals surface area contributed by atoms with Gasteiger partial charge in [-0.15, -0.1) is 0 Å². The third kappa shape index (κ3) is 2.67. The summed E-state index contributed by atoms with van der Waals surface area (Å²) in [5.74, 6) is 2.17. The molecule has 21 heavy (non-hydrogen) atoms. The van der Waals surface area contributed by atoms with E-state index in [9.17, 15) is 4.79 Å². The Bertz CT molecular complexity index is 635. The number of H-pyrrole nitrogens is 1. The highest BCUT2D eigenvalue weighted by atomic mass is 32.2. The maximum Gasteiger partial charge on any atom is 0.230 e. The van der Waals surface area contributed by atoms with Crippen molar-refractivity contribution in [1.82, 2.24) is 15.3 Å². The van der Waals surface area contributed by atoms with Gasteiger partial charge in [-0.05, 0) is 43.2 Å². The molecular formula is C16H19N3OS. The van der Waals surface area contributed by atoms with Crippen molar-refractivity contribution in [2.45, 2.75) is 36.9 Å². The molecule has 1 aromatic heterocycles. The number of para-hydroxylation sites is 2. The van der Waals surface area contributed by atoms with Crippen molar-refractivity contribution in [3.05, 3.63) is 24.3 Å². The SMILES string of the molecule is O=C(CSc1nc2ccccc2[nH]1)N[C@H]1C[C@H]2CC[C@H]1C2. The summed E-state index contributed by atoms with van der Waals surface area (Å²) in [5, 5.41) is 4.03. The first-order valence-electron chi connectivity index (χ1n) is 7.65. The third-order valence-electron chi connectivity index (χ3n) is 4.79. The lowest BCUT2D eigenvalue weighted by Crippen LogP contribution is -2.39. The van der Waals surface area contributed by atoms with Crippen LogP contribution in [0.2, 0.25) is 0 Å². The second kappa shape index (κ2) is 5.37. The predicted molar refractivity (Wildman–Crippen MR) is 84.2 cm³/mol. The fourth-order valence-corrected chi connectivity index (χ4v) is 4.50. The van der Waals surface area contributed by atoms with E-state index in [0.717, 1.165) is 28.0 Å². The minimum atomic E-state index is 0.137. The zero-order chi connectivity index (χ0) is 14.2. The van der Waals surface area contributed by atoms with E-state index in [-0.39, 0.29) is 5.91 Å². The highest BCUT2D eigenvalue weighted by Crippen LogP contribution is 2.44. The number of aromatic nitrogens is 2. The zero-order valence-corrected chi connectivity index (χ0v) is 12.7. The number of hydrogen-bond donors (Lipinski definition) is 2. The van der Waals surface area contributed by atoms with Gasteiger partial charge in [0, 0.05) is 6.04 Å². The Labute approximate surface area is 128 Å². The maximum absolute atomic E-state index is 12.1. The summed E-state index contributed by atoms with van der Waals surface area (Å²) in [6, 6.07) is 8.36. The molecule has 1 aromatic carbocycles. The molecule has 2 aliphatic carbocycles. The molecule has 110 valence electrons. The molecule has 0 radical (unpaired) electrons. The number of fused-ring (bicyclic) bond motifs is 3. The van der Waals surface area contributed by atoms with Gasteiger partial charge in [0.25, 0.3) is 0 Å². The molecule has 2 saturated carbocycles. The van der Waals surface area contributed by atoms with E-state index in [0.29, 0.717) is 11.8 Å². The minimum absolute atomic E-state index is 0.137. The minimum Gasteiger partial charge on any atom is -0.352 e. The van der Waals surface area contributed by atoms with Crippen LogP contribution in [0.15, 0.2) is 29.4 Å². The van der Waals surface area contributed by atoms with Crippen LogP contribution >= 0.6 is 11.8 Å². The Morgan fingerprint density at radius 3 is 3.00 bits per heavy atom. The standard InChI is InChI=1S/C16H19N3OS/c20-15(17-14-8-10-5-6-11(14)7-10)9-21-16-18-12-3-1-2-4-13(12)19-16/h1-4,10-11,14H,5-9H2,(H,17,20)(H,18,19)/t10-,11-,14-/m0/s1. The molecule has 1 amide bonds. The molecule has 3 atom stereocenters. The second-order valence-corrected chi connectivity index (χ2v) is 7.16. The Balaban J connectivity index is 1.32. The van der Waals surface area contributed by atoms with Crippen molar-refractivity contribution in [2.24, 2.45) is 11.8 Å².